The van der Waals surface area contributed by atoms with Crippen LogP contribution in [0.4, 0.5) is 0 Å². The normalized spacial score (nSPS) is 10.8. The van der Waals surface area contributed by atoms with Crippen LogP contribution in [0, 0.1) is 6.92 Å². The molecule has 2 rings (SSSR count). The summed E-state index contributed by atoms with van der Waals surface area (Å²) in [6.45, 7) is 3.93. The third kappa shape index (κ3) is 1.80. The third-order valence-electron chi connectivity index (χ3n) is 2.51. The first-order valence-electron chi connectivity index (χ1n) is 5.15. The molecule has 0 N–H and O–H groups in total. The van der Waals surface area contributed by atoms with Crippen LogP contribution in [0.25, 0.3) is 11.4 Å². The molecule has 0 atom stereocenters. The summed E-state index contributed by atoms with van der Waals surface area (Å²) < 4.78 is 1.78. The standard InChI is InChI=1S/C11H13ClN4/c1-4-9-14-10(7(2)11(12)15-9)8-5-6-13-16(8)3/h5-6H,4H2,1-3H3. The lowest BCUT2D eigenvalue weighted by Crippen LogP contribution is -2.02. The van der Waals surface area contributed by atoms with E-state index in [0.717, 1.165) is 29.2 Å². The zero-order valence-corrected chi connectivity index (χ0v) is 10.3. The molecule has 0 spiro atoms. The number of nitrogens with zero attached hydrogens (tertiary/aromatic N) is 4. The smallest absolute Gasteiger partial charge is 0.136 e. The van der Waals surface area contributed by atoms with Crippen molar-refractivity contribution in [1.29, 1.82) is 0 Å². The monoisotopic (exact) mass is 236 g/mol. The molecule has 2 aromatic rings. The molecule has 84 valence electrons. The molecule has 5 heteroatoms. The largest absolute Gasteiger partial charge is 0.266 e. The van der Waals surface area contributed by atoms with Crippen LogP contribution in [-0.4, -0.2) is 19.7 Å². The number of hydrogen-bond acceptors (Lipinski definition) is 3. The highest BCUT2D eigenvalue weighted by Crippen LogP contribution is 2.24. The molecule has 0 aliphatic heterocycles. The lowest BCUT2D eigenvalue weighted by Gasteiger charge is -2.08. The zero-order valence-electron chi connectivity index (χ0n) is 9.53. The summed E-state index contributed by atoms with van der Waals surface area (Å²) >= 11 is 6.09. The molecular weight excluding hydrogens is 224 g/mol. The fraction of sp³-hybridized carbons (Fsp3) is 0.364. The third-order valence-corrected chi connectivity index (χ3v) is 2.88. The van der Waals surface area contributed by atoms with E-state index in [-0.39, 0.29) is 0 Å². The molecule has 2 aromatic heterocycles. The lowest BCUT2D eigenvalue weighted by molar-refractivity contribution is 0.770. The molecule has 0 unspecified atom stereocenters. The Hall–Kier alpha value is -1.42. The summed E-state index contributed by atoms with van der Waals surface area (Å²) in [5.74, 6) is 0.756. The van der Waals surface area contributed by atoms with E-state index >= 15 is 0 Å². The Morgan fingerprint density at radius 2 is 2.12 bits per heavy atom. The highest BCUT2D eigenvalue weighted by atomic mass is 35.5. The highest BCUT2D eigenvalue weighted by Gasteiger charge is 2.12. The summed E-state index contributed by atoms with van der Waals surface area (Å²) in [6.07, 6.45) is 2.52. The van der Waals surface area contributed by atoms with E-state index in [9.17, 15) is 0 Å². The van der Waals surface area contributed by atoms with Crippen molar-refractivity contribution in [3.05, 3.63) is 28.8 Å². The van der Waals surface area contributed by atoms with Crippen LogP contribution < -0.4 is 0 Å². The van der Waals surface area contributed by atoms with Crippen LogP contribution in [0.5, 0.6) is 0 Å². The van der Waals surface area contributed by atoms with Gasteiger partial charge < -0.3 is 0 Å². The average Bonchev–Trinajstić information content (AvgIpc) is 2.68. The van der Waals surface area contributed by atoms with E-state index in [0.29, 0.717) is 5.15 Å². The molecule has 0 amide bonds. The molecule has 0 bridgehead atoms. The van der Waals surface area contributed by atoms with Gasteiger partial charge in [0.25, 0.3) is 0 Å². The van der Waals surface area contributed by atoms with Crippen molar-refractivity contribution >= 4 is 11.6 Å². The molecule has 0 aliphatic carbocycles. The number of halogens is 1. The van der Waals surface area contributed by atoms with Crippen molar-refractivity contribution in [1.82, 2.24) is 19.7 Å². The second-order valence-corrected chi connectivity index (χ2v) is 3.96. The van der Waals surface area contributed by atoms with Crippen LogP contribution in [0.1, 0.15) is 18.3 Å². The molecule has 0 fully saturated rings. The molecule has 2 heterocycles. The molecule has 0 aromatic carbocycles. The zero-order chi connectivity index (χ0) is 11.7. The van der Waals surface area contributed by atoms with Crippen molar-refractivity contribution in [2.45, 2.75) is 20.3 Å². The predicted octanol–water partition coefficient (Wildman–Crippen LogP) is 2.40. The van der Waals surface area contributed by atoms with Gasteiger partial charge in [-0.05, 0) is 13.0 Å². The Morgan fingerprint density at radius 1 is 1.38 bits per heavy atom. The van der Waals surface area contributed by atoms with Gasteiger partial charge in [-0.25, -0.2) is 9.97 Å². The average molecular weight is 237 g/mol. The first-order chi connectivity index (χ1) is 7.63. The fourth-order valence-electron chi connectivity index (χ4n) is 1.55. The van der Waals surface area contributed by atoms with Gasteiger partial charge in [-0.2, -0.15) is 5.10 Å². The van der Waals surface area contributed by atoms with E-state index in [4.69, 9.17) is 11.6 Å². The fourth-order valence-corrected chi connectivity index (χ4v) is 1.73. The van der Waals surface area contributed by atoms with Crippen LogP contribution >= 0.6 is 11.6 Å². The number of aryl methyl sites for hydroxylation is 2. The van der Waals surface area contributed by atoms with E-state index in [1.165, 1.54) is 0 Å². The SMILES string of the molecule is CCc1nc(Cl)c(C)c(-c2ccnn2C)n1. The Kier molecular flexibility index (Phi) is 2.92. The molecule has 0 aliphatic rings. The number of hydrogen-bond donors (Lipinski definition) is 0. The number of rotatable bonds is 2. The Labute approximate surface area is 99.3 Å². The first kappa shape index (κ1) is 11.1. The maximum Gasteiger partial charge on any atom is 0.136 e. The van der Waals surface area contributed by atoms with Gasteiger partial charge in [-0.1, -0.05) is 18.5 Å². The molecule has 0 saturated heterocycles. The van der Waals surface area contributed by atoms with Crippen molar-refractivity contribution in [2.24, 2.45) is 7.05 Å². The van der Waals surface area contributed by atoms with E-state index in [1.807, 2.05) is 27.0 Å². The van der Waals surface area contributed by atoms with E-state index in [1.54, 1.807) is 10.9 Å². The van der Waals surface area contributed by atoms with Crippen molar-refractivity contribution in [3.8, 4) is 11.4 Å². The maximum absolute atomic E-state index is 6.09. The number of aromatic nitrogens is 4. The summed E-state index contributed by atoms with van der Waals surface area (Å²) in [5.41, 5.74) is 2.70. The first-order valence-corrected chi connectivity index (χ1v) is 5.52. The van der Waals surface area contributed by atoms with E-state index in [2.05, 4.69) is 15.1 Å². The molecule has 16 heavy (non-hydrogen) atoms. The summed E-state index contributed by atoms with van der Waals surface area (Å²) in [6, 6.07) is 1.92. The van der Waals surface area contributed by atoms with Crippen LogP contribution in [-0.2, 0) is 13.5 Å². The topological polar surface area (TPSA) is 43.6 Å². The molecular formula is C11H13ClN4. The van der Waals surface area contributed by atoms with Gasteiger partial charge in [0, 0.05) is 25.2 Å². The highest BCUT2D eigenvalue weighted by molar-refractivity contribution is 6.30. The van der Waals surface area contributed by atoms with Crippen molar-refractivity contribution < 1.29 is 0 Å². The minimum absolute atomic E-state index is 0.517. The summed E-state index contributed by atoms with van der Waals surface area (Å²) in [5, 5.41) is 4.65. The minimum atomic E-state index is 0.517. The summed E-state index contributed by atoms with van der Waals surface area (Å²) in [7, 11) is 1.89. The molecule has 4 nitrogen and oxygen atoms in total. The maximum atomic E-state index is 6.09. The second-order valence-electron chi connectivity index (χ2n) is 3.60. The minimum Gasteiger partial charge on any atom is -0.266 e. The quantitative estimate of drug-likeness (QED) is 0.752. The Balaban J connectivity index is 2.64. The van der Waals surface area contributed by atoms with Gasteiger partial charge in [0.1, 0.15) is 11.0 Å². The van der Waals surface area contributed by atoms with Crippen molar-refractivity contribution in [3.63, 3.8) is 0 Å². The van der Waals surface area contributed by atoms with Gasteiger partial charge in [0.2, 0.25) is 0 Å². The lowest BCUT2D eigenvalue weighted by atomic mass is 10.2. The van der Waals surface area contributed by atoms with Crippen molar-refractivity contribution in [2.75, 3.05) is 0 Å². The van der Waals surface area contributed by atoms with Crippen LogP contribution in [0.3, 0.4) is 0 Å². The second kappa shape index (κ2) is 4.22. The summed E-state index contributed by atoms with van der Waals surface area (Å²) in [4.78, 5) is 8.71. The predicted molar refractivity (Wildman–Crippen MR) is 63.4 cm³/mol. The Bertz CT molecular complexity index is 519. The van der Waals surface area contributed by atoms with Gasteiger partial charge >= 0.3 is 0 Å². The van der Waals surface area contributed by atoms with Gasteiger partial charge in [0.15, 0.2) is 0 Å². The van der Waals surface area contributed by atoms with Crippen LogP contribution in [0.15, 0.2) is 12.3 Å². The van der Waals surface area contributed by atoms with Gasteiger partial charge in [0.05, 0.1) is 11.4 Å². The Morgan fingerprint density at radius 3 is 2.69 bits per heavy atom. The van der Waals surface area contributed by atoms with Crippen LogP contribution in [0.2, 0.25) is 5.15 Å². The van der Waals surface area contributed by atoms with E-state index < -0.39 is 0 Å². The molecule has 0 saturated carbocycles. The van der Waals surface area contributed by atoms with Gasteiger partial charge in [-0.3, -0.25) is 4.68 Å². The molecule has 0 radical (unpaired) electrons. The van der Waals surface area contributed by atoms with Gasteiger partial charge in [-0.15, -0.1) is 0 Å².